The maximum Gasteiger partial charge on any atom is 0.0100 e. The Kier molecular flexibility index (Phi) is 3.38. The van der Waals surface area contributed by atoms with Crippen molar-refractivity contribution in [1.82, 2.24) is 4.90 Å². The fraction of sp³-hybridized carbons (Fsp3) is 1.00. The summed E-state index contributed by atoms with van der Waals surface area (Å²) in [5.74, 6) is 0. The molecule has 0 bridgehead atoms. The van der Waals surface area contributed by atoms with Gasteiger partial charge in [0.05, 0.1) is 0 Å². The molecule has 0 aliphatic heterocycles. The van der Waals surface area contributed by atoms with E-state index in [2.05, 4.69) is 34.8 Å². The van der Waals surface area contributed by atoms with E-state index in [4.69, 9.17) is 0 Å². The SMILES string of the molecule is CCCN(C)CC1(CBr)CC1. The van der Waals surface area contributed by atoms with Crippen LogP contribution in [0.3, 0.4) is 0 Å². The lowest BCUT2D eigenvalue weighted by Gasteiger charge is -2.21. The van der Waals surface area contributed by atoms with Crippen LogP contribution in [0.5, 0.6) is 0 Å². The molecule has 0 amide bonds. The summed E-state index contributed by atoms with van der Waals surface area (Å²) < 4.78 is 0. The number of hydrogen-bond donors (Lipinski definition) is 0. The maximum absolute atomic E-state index is 3.59. The van der Waals surface area contributed by atoms with Crippen molar-refractivity contribution in [2.45, 2.75) is 26.2 Å². The minimum atomic E-state index is 0.657. The summed E-state index contributed by atoms with van der Waals surface area (Å²) in [5.41, 5.74) is 0.657. The minimum Gasteiger partial charge on any atom is -0.306 e. The van der Waals surface area contributed by atoms with E-state index in [0.717, 1.165) is 0 Å². The van der Waals surface area contributed by atoms with Crippen LogP contribution in [-0.4, -0.2) is 30.4 Å². The summed E-state index contributed by atoms with van der Waals surface area (Å²) >= 11 is 3.59. The molecular formula is C9H18BrN. The van der Waals surface area contributed by atoms with Crippen LogP contribution in [0.15, 0.2) is 0 Å². The highest BCUT2D eigenvalue weighted by Crippen LogP contribution is 2.47. The van der Waals surface area contributed by atoms with Crippen molar-refractivity contribution in [1.29, 1.82) is 0 Å². The Bertz CT molecular complexity index is 121. The van der Waals surface area contributed by atoms with E-state index in [1.807, 2.05) is 0 Å². The third kappa shape index (κ3) is 2.75. The lowest BCUT2D eigenvalue weighted by atomic mass is 10.1. The topological polar surface area (TPSA) is 3.24 Å². The number of halogens is 1. The van der Waals surface area contributed by atoms with E-state index >= 15 is 0 Å². The Hall–Kier alpha value is 0.440. The average molecular weight is 220 g/mol. The zero-order valence-corrected chi connectivity index (χ0v) is 9.15. The lowest BCUT2D eigenvalue weighted by molar-refractivity contribution is 0.279. The maximum atomic E-state index is 3.59. The van der Waals surface area contributed by atoms with Gasteiger partial charge in [-0.05, 0) is 38.3 Å². The molecule has 0 atom stereocenters. The van der Waals surface area contributed by atoms with Crippen molar-refractivity contribution in [3.8, 4) is 0 Å². The van der Waals surface area contributed by atoms with Gasteiger partial charge in [-0.15, -0.1) is 0 Å². The van der Waals surface area contributed by atoms with Crippen LogP contribution in [0.1, 0.15) is 26.2 Å². The minimum absolute atomic E-state index is 0.657. The molecule has 0 aromatic heterocycles. The summed E-state index contributed by atoms with van der Waals surface area (Å²) in [6.45, 7) is 4.77. The second-order valence-corrected chi connectivity index (χ2v) is 4.43. The molecule has 1 aliphatic rings. The molecule has 0 aromatic rings. The first-order valence-corrected chi connectivity index (χ1v) is 5.59. The molecule has 0 spiro atoms. The monoisotopic (exact) mass is 219 g/mol. The highest BCUT2D eigenvalue weighted by atomic mass is 79.9. The summed E-state index contributed by atoms with van der Waals surface area (Å²) in [5, 5.41) is 1.19. The van der Waals surface area contributed by atoms with Crippen molar-refractivity contribution in [3.63, 3.8) is 0 Å². The number of nitrogens with zero attached hydrogens (tertiary/aromatic N) is 1. The van der Waals surface area contributed by atoms with Gasteiger partial charge in [0, 0.05) is 11.9 Å². The summed E-state index contributed by atoms with van der Waals surface area (Å²) in [7, 11) is 2.23. The van der Waals surface area contributed by atoms with Gasteiger partial charge in [-0.1, -0.05) is 22.9 Å². The molecule has 1 fully saturated rings. The molecule has 0 saturated heterocycles. The zero-order chi connectivity index (χ0) is 8.32. The summed E-state index contributed by atoms with van der Waals surface area (Å²) in [6.07, 6.45) is 4.12. The van der Waals surface area contributed by atoms with Crippen LogP contribution >= 0.6 is 15.9 Å². The van der Waals surface area contributed by atoms with Gasteiger partial charge >= 0.3 is 0 Å². The van der Waals surface area contributed by atoms with Gasteiger partial charge < -0.3 is 4.90 Å². The van der Waals surface area contributed by atoms with Crippen molar-refractivity contribution in [2.75, 3.05) is 25.5 Å². The van der Waals surface area contributed by atoms with Gasteiger partial charge in [-0.25, -0.2) is 0 Å². The fourth-order valence-corrected chi connectivity index (χ4v) is 2.28. The van der Waals surface area contributed by atoms with E-state index < -0.39 is 0 Å². The van der Waals surface area contributed by atoms with E-state index in [1.165, 1.54) is 37.7 Å². The van der Waals surface area contributed by atoms with Gasteiger partial charge in [-0.2, -0.15) is 0 Å². The van der Waals surface area contributed by atoms with Crippen LogP contribution in [-0.2, 0) is 0 Å². The average Bonchev–Trinajstić information content (AvgIpc) is 2.70. The molecule has 1 rings (SSSR count). The van der Waals surface area contributed by atoms with E-state index in [1.54, 1.807) is 0 Å². The number of alkyl halides is 1. The molecule has 2 heteroatoms. The normalized spacial score (nSPS) is 20.7. The molecule has 66 valence electrons. The van der Waals surface area contributed by atoms with Crippen molar-refractivity contribution in [3.05, 3.63) is 0 Å². The van der Waals surface area contributed by atoms with Crippen molar-refractivity contribution < 1.29 is 0 Å². The second-order valence-electron chi connectivity index (χ2n) is 3.87. The summed E-state index contributed by atoms with van der Waals surface area (Å²) in [4.78, 5) is 2.45. The Labute approximate surface area is 78.3 Å². The molecule has 11 heavy (non-hydrogen) atoms. The van der Waals surface area contributed by atoms with Crippen LogP contribution < -0.4 is 0 Å². The standard InChI is InChI=1S/C9H18BrN/c1-3-6-11(2)8-9(7-10)4-5-9/h3-8H2,1-2H3. The van der Waals surface area contributed by atoms with Gasteiger partial charge in [0.1, 0.15) is 0 Å². The predicted octanol–water partition coefficient (Wildman–Crippen LogP) is 2.50. The molecule has 0 radical (unpaired) electrons. The van der Waals surface area contributed by atoms with Gasteiger partial charge in [0.15, 0.2) is 0 Å². The summed E-state index contributed by atoms with van der Waals surface area (Å²) in [6, 6.07) is 0. The predicted molar refractivity (Wildman–Crippen MR) is 53.2 cm³/mol. The largest absolute Gasteiger partial charge is 0.306 e. The number of rotatable bonds is 5. The van der Waals surface area contributed by atoms with Crippen molar-refractivity contribution in [2.24, 2.45) is 5.41 Å². The molecule has 1 aliphatic carbocycles. The van der Waals surface area contributed by atoms with Gasteiger partial charge in [0.25, 0.3) is 0 Å². The molecule has 1 saturated carbocycles. The molecule has 1 nitrogen and oxygen atoms in total. The Morgan fingerprint density at radius 1 is 1.45 bits per heavy atom. The van der Waals surface area contributed by atoms with Crippen LogP contribution in [0.2, 0.25) is 0 Å². The fourth-order valence-electron chi connectivity index (χ4n) is 1.54. The third-order valence-electron chi connectivity index (χ3n) is 2.45. The zero-order valence-electron chi connectivity index (χ0n) is 7.57. The second kappa shape index (κ2) is 3.90. The van der Waals surface area contributed by atoms with Crippen LogP contribution in [0.4, 0.5) is 0 Å². The Morgan fingerprint density at radius 3 is 2.45 bits per heavy atom. The van der Waals surface area contributed by atoms with Gasteiger partial charge in [0.2, 0.25) is 0 Å². The van der Waals surface area contributed by atoms with Crippen LogP contribution in [0.25, 0.3) is 0 Å². The van der Waals surface area contributed by atoms with Gasteiger partial charge in [-0.3, -0.25) is 0 Å². The number of hydrogen-bond acceptors (Lipinski definition) is 1. The first-order chi connectivity index (χ1) is 5.22. The smallest absolute Gasteiger partial charge is 0.0100 e. The first kappa shape index (κ1) is 9.53. The quantitative estimate of drug-likeness (QED) is 0.643. The molecule has 0 unspecified atom stereocenters. The van der Waals surface area contributed by atoms with Crippen molar-refractivity contribution >= 4 is 15.9 Å². The van der Waals surface area contributed by atoms with E-state index in [0.29, 0.717) is 5.41 Å². The van der Waals surface area contributed by atoms with E-state index in [-0.39, 0.29) is 0 Å². The Morgan fingerprint density at radius 2 is 2.09 bits per heavy atom. The highest BCUT2D eigenvalue weighted by Gasteiger charge is 2.41. The molecule has 0 aromatic carbocycles. The third-order valence-corrected chi connectivity index (χ3v) is 3.64. The molecule has 0 heterocycles. The first-order valence-electron chi connectivity index (χ1n) is 4.47. The highest BCUT2D eigenvalue weighted by molar-refractivity contribution is 9.09. The lowest BCUT2D eigenvalue weighted by Crippen LogP contribution is -2.28. The van der Waals surface area contributed by atoms with Crippen LogP contribution in [0, 0.1) is 5.41 Å². The van der Waals surface area contributed by atoms with E-state index in [9.17, 15) is 0 Å². The Balaban J connectivity index is 2.18. The molecule has 0 N–H and O–H groups in total. The molecular weight excluding hydrogens is 202 g/mol.